The minimum absolute atomic E-state index is 0.503. The Kier molecular flexibility index (Phi) is 3.60. The van der Waals surface area contributed by atoms with E-state index in [1.54, 1.807) is 0 Å². The normalized spacial score (nSPS) is 22.0. The van der Waals surface area contributed by atoms with Crippen molar-refractivity contribution >= 4 is 15.9 Å². The number of benzene rings is 2. The van der Waals surface area contributed by atoms with Crippen molar-refractivity contribution in [3.05, 3.63) is 69.7 Å². The maximum Gasteiger partial charge on any atom is 0.0354 e. The summed E-state index contributed by atoms with van der Waals surface area (Å²) in [6.07, 6.45) is 5.13. The Hall–Kier alpha value is -1.12. The summed E-state index contributed by atoms with van der Waals surface area (Å²) in [4.78, 5) is 0. The van der Waals surface area contributed by atoms with Crippen LogP contribution in [0.3, 0.4) is 0 Å². The van der Waals surface area contributed by atoms with Gasteiger partial charge in [-0.15, -0.1) is 0 Å². The average Bonchev–Trinajstić information content (AvgIpc) is 3.27. The van der Waals surface area contributed by atoms with Gasteiger partial charge in [-0.05, 0) is 54.4 Å². The second kappa shape index (κ2) is 5.58. The zero-order valence-corrected chi connectivity index (χ0v) is 13.6. The largest absolute Gasteiger partial charge is 0.303 e. The molecule has 0 aliphatic heterocycles. The van der Waals surface area contributed by atoms with E-state index >= 15 is 0 Å². The third-order valence-electron chi connectivity index (χ3n) is 4.85. The average molecular weight is 342 g/mol. The first-order valence-electron chi connectivity index (χ1n) is 7.91. The van der Waals surface area contributed by atoms with Crippen molar-refractivity contribution in [1.82, 2.24) is 5.32 Å². The molecule has 2 heteroatoms. The Labute approximate surface area is 134 Å². The first-order chi connectivity index (χ1) is 10.3. The molecule has 2 aromatic carbocycles. The molecule has 0 bridgehead atoms. The SMILES string of the molecule is Brc1cccc2c1CCC2NC(c1ccccc1)C1CC1. The molecule has 0 amide bonds. The fourth-order valence-corrected chi connectivity index (χ4v) is 4.17. The molecule has 0 heterocycles. The highest BCUT2D eigenvalue weighted by Gasteiger charge is 2.35. The molecular formula is C19H20BrN. The Morgan fingerprint density at radius 3 is 2.52 bits per heavy atom. The van der Waals surface area contributed by atoms with Crippen molar-refractivity contribution in [3.63, 3.8) is 0 Å². The van der Waals surface area contributed by atoms with E-state index in [1.807, 2.05) is 0 Å². The summed E-state index contributed by atoms with van der Waals surface area (Å²) in [7, 11) is 0. The van der Waals surface area contributed by atoms with Crippen LogP contribution in [0.15, 0.2) is 53.0 Å². The van der Waals surface area contributed by atoms with E-state index in [1.165, 1.54) is 46.8 Å². The first-order valence-corrected chi connectivity index (χ1v) is 8.70. The summed E-state index contributed by atoms with van der Waals surface area (Å²) in [5, 5.41) is 3.96. The number of hydrogen-bond donors (Lipinski definition) is 1. The van der Waals surface area contributed by atoms with Gasteiger partial charge < -0.3 is 5.32 Å². The zero-order valence-electron chi connectivity index (χ0n) is 12.1. The van der Waals surface area contributed by atoms with Gasteiger partial charge in [-0.1, -0.05) is 58.4 Å². The maximum atomic E-state index is 3.96. The second-order valence-electron chi connectivity index (χ2n) is 6.29. The fourth-order valence-electron chi connectivity index (χ4n) is 3.59. The van der Waals surface area contributed by atoms with Crippen LogP contribution in [0.5, 0.6) is 0 Å². The van der Waals surface area contributed by atoms with Gasteiger partial charge >= 0.3 is 0 Å². The highest BCUT2D eigenvalue weighted by atomic mass is 79.9. The molecule has 4 rings (SSSR count). The molecule has 2 aliphatic carbocycles. The second-order valence-corrected chi connectivity index (χ2v) is 7.15. The van der Waals surface area contributed by atoms with Crippen LogP contribution in [0.4, 0.5) is 0 Å². The van der Waals surface area contributed by atoms with E-state index in [0.717, 1.165) is 5.92 Å². The van der Waals surface area contributed by atoms with Gasteiger partial charge in [0.1, 0.15) is 0 Å². The minimum atomic E-state index is 0.503. The van der Waals surface area contributed by atoms with E-state index in [9.17, 15) is 0 Å². The number of halogens is 1. The lowest BCUT2D eigenvalue weighted by molar-refractivity contribution is 0.408. The smallest absolute Gasteiger partial charge is 0.0354 e. The van der Waals surface area contributed by atoms with Gasteiger partial charge in [0.2, 0.25) is 0 Å². The van der Waals surface area contributed by atoms with Crippen molar-refractivity contribution in [2.75, 3.05) is 0 Å². The summed E-state index contributed by atoms with van der Waals surface area (Å²) < 4.78 is 1.27. The van der Waals surface area contributed by atoms with Crippen LogP contribution >= 0.6 is 15.9 Å². The van der Waals surface area contributed by atoms with E-state index in [0.29, 0.717) is 12.1 Å². The van der Waals surface area contributed by atoms with Crippen LogP contribution in [0, 0.1) is 5.92 Å². The molecule has 2 aromatic rings. The third-order valence-corrected chi connectivity index (χ3v) is 5.59. The summed E-state index contributed by atoms with van der Waals surface area (Å²) in [6.45, 7) is 0. The van der Waals surface area contributed by atoms with Crippen LogP contribution in [0.25, 0.3) is 0 Å². The van der Waals surface area contributed by atoms with Crippen molar-refractivity contribution in [2.45, 2.75) is 37.8 Å². The van der Waals surface area contributed by atoms with E-state index in [4.69, 9.17) is 0 Å². The number of fused-ring (bicyclic) bond motifs is 1. The predicted molar refractivity (Wildman–Crippen MR) is 90.2 cm³/mol. The Morgan fingerprint density at radius 1 is 0.952 bits per heavy atom. The molecule has 108 valence electrons. The monoisotopic (exact) mass is 341 g/mol. The zero-order chi connectivity index (χ0) is 14.2. The summed E-state index contributed by atoms with van der Waals surface area (Å²) in [5.41, 5.74) is 4.44. The number of hydrogen-bond acceptors (Lipinski definition) is 1. The van der Waals surface area contributed by atoms with Gasteiger partial charge in [0.05, 0.1) is 0 Å². The lowest BCUT2D eigenvalue weighted by Crippen LogP contribution is -2.26. The summed E-state index contributed by atoms with van der Waals surface area (Å²) in [5.74, 6) is 0.823. The molecular weight excluding hydrogens is 322 g/mol. The quantitative estimate of drug-likeness (QED) is 0.808. The highest BCUT2D eigenvalue weighted by Crippen LogP contribution is 2.44. The molecule has 1 nitrogen and oxygen atoms in total. The molecule has 0 spiro atoms. The molecule has 21 heavy (non-hydrogen) atoms. The molecule has 1 saturated carbocycles. The lowest BCUT2D eigenvalue weighted by Gasteiger charge is -2.24. The molecule has 1 N–H and O–H groups in total. The third kappa shape index (κ3) is 2.67. The molecule has 2 unspecified atom stereocenters. The van der Waals surface area contributed by atoms with Crippen LogP contribution < -0.4 is 5.32 Å². The van der Waals surface area contributed by atoms with Crippen molar-refractivity contribution in [2.24, 2.45) is 5.92 Å². The summed E-state index contributed by atoms with van der Waals surface area (Å²) >= 11 is 3.70. The van der Waals surface area contributed by atoms with Crippen molar-refractivity contribution in [3.8, 4) is 0 Å². The van der Waals surface area contributed by atoms with Gasteiger partial charge in [0.25, 0.3) is 0 Å². The molecule has 2 atom stereocenters. The number of rotatable bonds is 4. The van der Waals surface area contributed by atoms with E-state index in [-0.39, 0.29) is 0 Å². The van der Waals surface area contributed by atoms with E-state index < -0.39 is 0 Å². The van der Waals surface area contributed by atoms with Crippen LogP contribution in [0.1, 0.15) is 48.0 Å². The predicted octanol–water partition coefficient (Wildman–Crippen LogP) is 5.18. The molecule has 0 radical (unpaired) electrons. The van der Waals surface area contributed by atoms with E-state index in [2.05, 4.69) is 69.8 Å². The van der Waals surface area contributed by atoms with Gasteiger partial charge in [0, 0.05) is 16.6 Å². The van der Waals surface area contributed by atoms with Crippen LogP contribution in [-0.4, -0.2) is 0 Å². The Balaban J connectivity index is 1.60. The van der Waals surface area contributed by atoms with Gasteiger partial charge in [-0.25, -0.2) is 0 Å². The summed E-state index contributed by atoms with van der Waals surface area (Å²) in [6, 6.07) is 18.6. The molecule has 2 aliphatic rings. The Morgan fingerprint density at radius 2 is 1.76 bits per heavy atom. The van der Waals surface area contributed by atoms with Crippen molar-refractivity contribution < 1.29 is 0 Å². The number of nitrogens with one attached hydrogen (secondary N) is 1. The standard InChI is InChI=1S/C19H20BrN/c20-17-8-4-7-16-15(17)11-12-18(16)21-19(14-9-10-14)13-5-2-1-3-6-13/h1-8,14,18-19,21H,9-12H2. The molecule has 0 saturated heterocycles. The first kappa shape index (κ1) is 13.5. The topological polar surface area (TPSA) is 12.0 Å². The van der Waals surface area contributed by atoms with Gasteiger partial charge in [0.15, 0.2) is 0 Å². The van der Waals surface area contributed by atoms with Crippen LogP contribution in [-0.2, 0) is 6.42 Å². The van der Waals surface area contributed by atoms with Crippen molar-refractivity contribution in [1.29, 1.82) is 0 Å². The maximum absolute atomic E-state index is 3.96. The molecule has 1 fully saturated rings. The van der Waals surface area contributed by atoms with Gasteiger partial charge in [-0.2, -0.15) is 0 Å². The molecule has 0 aromatic heterocycles. The van der Waals surface area contributed by atoms with Crippen LogP contribution in [0.2, 0.25) is 0 Å². The Bertz CT molecular complexity index is 633. The fraction of sp³-hybridized carbons (Fsp3) is 0.368. The van der Waals surface area contributed by atoms with Gasteiger partial charge in [-0.3, -0.25) is 0 Å². The lowest BCUT2D eigenvalue weighted by atomic mass is 9.99. The highest BCUT2D eigenvalue weighted by molar-refractivity contribution is 9.10. The minimum Gasteiger partial charge on any atom is -0.303 e.